The fourth-order valence-corrected chi connectivity index (χ4v) is 21.3. The van der Waals surface area contributed by atoms with Gasteiger partial charge in [0.15, 0.2) is 0 Å². The molecule has 24 aromatic carbocycles. The number of nitrogens with zero attached hydrogens (tertiary/aromatic N) is 6. The first-order chi connectivity index (χ1) is 71.5. The van der Waals surface area contributed by atoms with Crippen molar-refractivity contribution in [2.24, 2.45) is 0 Å². The van der Waals surface area contributed by atoms with Crippen molar-refractivity contribution >= 4 is 149 Å². The summed E-state index contributed by atoms with van der Waals surface area (Å²) in [7, 11) is 0. The first-order valence-corrected chi connectivity index (χ1v) is 49.3. The van der Waals surface area contributed by atoms with E-state index in [1.807, 2.05) is 0 Å². The molecule has 27 aromatic rings. The van der Waals surface area contributed by atoms with Crippen LogP contribution in [0.4, 0.5) is 51.2 Å². The van der Waals surface area contributed by atoms with Gasteiger partial charge in [0.1, 0.15) is 0 Å². The summed E-state index contributed by atoms with van der Waals surface area (Å²) in [5, 5.41) is 15.0. The molecule has 0 unspecified atom stereocenters. The van der Waals surface area contributed by atoms with E-state index in [0.717, 1.165) is 62.6 Å². The van der Waals surface area contributed by atoms with Crippen LogP contribution in [-0.4, -0.2) is 13.7 Å². The van der Waals surface area contributed by atoms with Gasteiger partial charge in [-0.2, -0.15) is 0 Å². The van der Waals surface area contributed by atoms with Crippen LogP contribution < -0.4 is 14.7 Å². The molecule has 0 aliphatic heterocycles. The van der Waals surface area contributed by atoms with Gasteiger partial charge in [0.05, 0.1) is 38.8 Å². The number of rotatable bonds is 18. The molecule has 3 heterocycles. The van der Waals surface area contributed by atoms with E-state index in [1.165, 1.54) is 170 Å². The van der Waals surface area contributed by atoms with Gasteiger partial charge in [-0.1, -0.05) is 413 Å². The minimum absolute atomic E-state index is 1.10. The first kappa shape index (κ1) is 86.4. The maximum Gasteiger partial charge on any atom is 0.0562 e. The highest BCUT2D eigenvalue weighted by molar-refractivity contribution is 6.25. The lowest BCUT2D eigenvalue weighted by Gasteiger charge is -2.27. The lowest BCUT2D eigenvalue weighted by Crippen LogP contribution is -2.10. The number of aromatic nitrogens is 3. The summed E-state index contributed by atoms with van der Waals surface area (Å²) in [6.07, 6.45) is 0. The Hall–Kier alpha value is -19.1. The molecule has 0 fully saturated rings. The molecule has 6 heteroatoms. The Balaban J connectivity index is 0.000000113. The van der Waals surface area contributed by atoms with E-state index in [-0.39, 0.29) is 0 Å². The van der Waals surface area contributed by atoms with Crippen LogP contribution in [0.2, 0.25) is 0 Å². The van der Waals surface area contributed by atoms with Gasteiger partial charge in [0, 0.05) is 100 Å². The van der Waals surface area contributed by atoms with Crippen molar-refractivity contribution < 1.29 is 0 Å². The van der Waals surface area contributed by atoms with Gasteiger partial charge in [-0.3, -0.25) is 0 Å². The molecule has 3 aromatic heterocycles. The third-order valence-corrected chi connectivity index (χ3v) is 28.1. The summed E-state index contributed by atoms with van der Waals surface area (Å²) in [6.45, 7) is 0. The predicted molar refractivity (Wildman–Crippen MR) is 612 cm³/mol. The van der Waals surface area contributed by atoms with Crippen molar-refractivity contribution in [3.63, 3.8) is 0 Å². The SMILES string of the molecule is c1ccc(-c2ccc(N(c3ccc(-c4ccccc4)cc3)c3ccc4c(ccc5c4c4ccccc4n5-c4ccccc4)c3)cc2)cc1.c1ccc(-c2ccc(N(c3ccc(-c4ccccc4)cc3)c3ccc4c5c6ccccc6ccc5n(-c5ccccc5)c4c3)cc2)cc1.c1ccc(-c2ccc(N(c3ccc(-c4ccccc4)cc3)c3cccc4c3ccc3c4c4ccccc4n3-c3ccccc3)cc2)cc1. The van der Waals surface area contributed by atoms with E-state index in [2.05, 4.69) is 611 Å². The Morgan fingerprint density at radius 3 is 0.715 bits per heavy atom. The molecule has 6 nitrogen and oxygen atoms in total. The third kappa shape index (κ3) is 16.5. The molecule has 27 rings (SSSR count). The van der Waals surface area contributed by atoms with Gasteiger partial charge in [0.2, 0.25) is 0 Å². The van der Waals surface area contributed by atoms with E-state index in [1.54, 1.807) is 0 Å². The molecule has 144 heavy (non-hydrogen) atoms. The Morgan fingerprint density at radius 2 is 0.354 bits per heavy atom. The van der Waals surface area contributed by atoms with E-state index in [9.17, 15) is 0 Å². The lowest BCUT2D eigenvalue weighted by molar-refractivity contribution is 1.18. The summed E-state index contributed by atoms with van der Waals surface area (Å²) in [5.74, 6) is 0. The second-order valence-corrected chi connectivity index (χ2v) is 36.6. The summed E-state index contributed by atoms with van der Waals surface area (Å²) in [4.78, 5) is 7.13. The van der Waals surface area contributed by atoms with Crippen molar-refractivity contribution in [1.29, 1.82) is 0 Å². The molecule has 0 aliphatic rings. The van der Waals surface area contributed by atoms with Crippen LogP contribution >= 0.6 is 0 Å². The smallest absolute Gasteiger partial charge is 0.0562 e. The van der Waals surface area contributed by atoms with Crippen LogP contribution in [-0.2, 0) is 0 Å². The fraction of sp³-hybridized carbons (Fsp3) is 0. The predicted octanol–water partition coefficient (Wildman–Crippen LogP) is 38.2. The van der Waals surface area contributed by atoms with Gasteiger partial charge in [-0.15, -0.1) is 0 Å². The molecular weight excluding hydrogens is 1740 g/mol. The molecule has 0 amide bonds. The average molecular weight is 1840 g/mol. The highest BCUT2D eigenvalue weighted by Gasteiger charge is 2.25. The van der Waals surface area contributed by atoms with Crippen molar-refractivity contribution in [2.45, 2.75) is 0 Å². The van der Waals surface area contributed by atoms with Gasteiger partial charge < -0.3 is 28.4 Å². The normalized spacial score (nSPS) is 11.3. The molecule has 0 spiro atoms. The number of para-hydroxylation sites is 5. The number of fused-ring (bicyclic) bond motifs is 15. The van der Waals surface area contributed by atoms with Crippen LogP contribution in [0.3, 0.4) is 0 Å². The maximum absolute atomic E-state index is 2.41. The van der Waals surface area contributed by atoms with E-state index >= 15 is 0 Å². The van der Waals surface area contributed by atoms with Gasteiger partial charge in [0.25, 0.3) is 0 Å². The zero-order chi connectivity index (χ0) is 95.6. The van der Waals surface area contributed by atoms with E-state index in [4.69, 9.17) is 0 Å². The van der Waals surface area contributed by atoms with Gasteiger partial charge >= 0.3 is 0 Å². The van der Waals surface area contributed by atoms with Crippen LogP contribution in [0.1, 0.15) is 0 Å². The van der Waals surface area contributed by atoms with Crippen molar-refractivity contribution in [3.8, 4) is 83.8 Å². The number of hydrogen-bond acceptors (Lipinski definition) is 3. The lowest BCUT2D eigenvalue weighted by atomic mass is 10.00. The highest BCUT2D eigenvalue weighted by atomic mass is 15.2. The van der Waals surface area contributed by atoms with Crippen LogP contribution in [0, 0.1) is 0 Å². The first-order valence-electron chi connectivity index (χ1n) is 49.3. The molecule has 0 saturated heterocycles. The molecule has 0 saturated carbocycles. The van der Waals surface area contributed by atoms with Crippen LogP contribution in [0.25, 0.3) is 182 Å². The van der Waals surface area contributed by atoms with Crippen molar-refractivity contribution in [1.82, 2.24) is 13.7 Å². The summed E-state index contributed by atoms with van der Waals surface area (Å²) in [6, 6.07) is 209. The second-order valence-electron chi connectivity index (χ2n) is 36.6. The number of anilines is 9. The third-order valence-electron chi connectivity index (χ3n) is 28.1. The molecular formula is C138H96N6. The summed E-state index contributed by atoms with van der Waals surface area (Å²) >= 11 is 0. The van der Waals surface area contributed by atoms with E-state index in [0.29, 0.717) is 0 Å². The average Bonchev–Trinajstić information content (AvgIpc) is 1.54. The number of hydrogen-bond donors (Lipinski definition) is 0. The highest BCUT2D eigenvalue weighted by Crippen LogP contribution is 2.49. The monoisotopic (exact) mass is 1840 g/mol. The summed E-state index contributed by atoms with van der Waals surface area (Å²) < 4.78 is 7.18. The number of benzene rings is 24. The standard InChI is InChI=1S/3C46H32N2/c1-4-13-33(14-5-1)35-23-27-38(28-24-35)47(39-29-25-36(26-30-39)34-15-6-2-7-16-34)43-22-12-20-41-40(43)31-32-45-46(41)42-19-10-11-21-44(42)48(45)37-17-8-3-9-18-37;1-4-12-33(13-5-1)35-20-25-39(26-21-35)47(40-27-22-36(23-28-40)34-14-6-2-7-15-34)41-29-30-43-45(32-41)48(38-17-8-3-9-18-38)44-31-24-37-16-10-11-19-42(37)46(43)44;1-4-12-33(13-5-1)35-20-25-39(26-21-35)47(40-27-22-36(23-28-40)34-14-6-2-7-15-34)41-29-30-42-37(32-41)24-31-45-46(42)43-18-10-11-19-44(43)48(45)38-16-8-3-9-17-38/h3*1-32H. The van der Waals surface area contributed by atoms with Gasteiger partial charge in [-0.25, -0.2) is 0 Å². The topological polar surface area (TPSA) is 24.5 Å². The molecule has 0 atom stereocenters. The van der Waals surface area contributed by atoms with E-state index < -0.39 is 0 Å². The summed E-state index contributed by atoms with van der Waals surface area (Å²) in [5.41, 5.74) is 35.2. The fourth-order valence-electron chi connectivity index (χ4n) is 21.3. The maximum atomic E-state index is 2.41. The second kappa shape index (κ2) is 38.3. The van der Waals surface area contributed by atoms with Crippen molar-refractivity contribution in [2.75, 3.05) is 14.7 Å². The molecule has 0 N–H and O–H groups in total. The zero-order valence-corrected chi connectivity index (χ0v) is 79.1. The molecule has 0 bridgehead atoms. The molecule has 678 valence electrons. The quantitative estimate of drug-likeness (QED) is 0.0856. The Labute approximate surface area is 837 Å². The van der Waals surface area contributed by atoms with Crippen LogP contribution in [0.15, 0.2) is 582 Å². The minimum atomic E-state index is 1.10. The Morgan fingerprint density at radius 1 is 0.118 bits per heavy atom. The Bertz CT molecular complexity index is 9020. The minimum Gasteiger partial charge on any atom is -0.310 e. The largest absolute Gasteiger partial charge is 0.310 e. The van der Waals surface area contributed by atoms with Crippen LogP contribution in [0.5, 0.6) is 0 Å². The van der Waals surface area contributed by atoms with Gasteiger partial charge in [-0.05, 0) is 264 Å². The molecule has 0 aliphatic carbocycles. The Kier molecular flexibility index (Phi) is 23.0. The zero-order valence-electron chi connectivity index (χ0n) is 79.1. The van der Waals surface area contributed by atoms with Crippen molar-refractivity contribution in [3.05, 3.63) is 582 Å². The molecule has 0 radical (unpaired) electrons.